The van der Waals surface area contributed by atoms with Gasteiger partial charge in [0.1, 0.15) is 0 Å². The Labute approximate surface area is 445 Å². The number of anilines is 8. The van der Waals surface area contributed by atoms with Gasteiger partial charge in [-0.3, -0.25) is 0 Å². The topological polar surface area (TPSA) is 9.72 Å². The van der Waals surface area contributed by atoms with Crippen molar-refractivity contribution >= 4 is 68.6 Å². The lowest BCUT2D eigenvalue weighted by atomic mass is 9.33. The van der Waals surface area contributed by atoms with E-state index in [1.807, 2.05) is 0 Å². The Morgan fingerprint density at radius 2 is 0.947 bits per heavy atom. The highest BCUT2D eigenvalue weighted by Gasteiger charge is 2.63. The number of benzene rings is 9. The number of hydrogen-bond acceptors (Lipinski definition) is 3. The first kappa shape index (κ1) is 46.0. The maximum atomic E-state index is 2.76. The summed E-state index contributed by atoms with van der Waals surface area (Å²) in [5, 5.41) is 0. The first-order valence-corrected chi connectivity index (χ1v) is 27.4. The molecule has 75 heavy (non-hydrogen) atoms. The van der Waals surface area contributed by atoms with Crippen molar-refractivity contribution in [2.24, 2.45) is 0 Å². The summed E-state index contributed by atoms with van der Waals surface area (Å²) in [6.07, 6.45) is 2.28. The fourth-order valence-electron chi connectivity index (χ4n) is 14.2. The monoisotopic (exact) mass is 972 g/mol. The summed E-state index contributed by atoms with van der Waals surface area (Å²) in [6, 6.07) is 75.4. The SMILES string of the molecule is CC(C)(C)c1ccc(N2c3cc(-c4ccccc4)ccc3B3c4ccc5cc4N(c4ccc(C(C)(C)C)cc4-c4ccccc4C5(C)C)c4cc(N5c6ccccc6C6(C)CCC56C)cc2c43)c(-c2ccccc2)c1. The van der Waals surface area contributed by atoms with Gasteiger partial charge >= 0.3 is 0 Å². The van der Waals surface area contributed by atoms with Crippen molar-refractivity contribution in [3.05, 3.63) is 222 Å². The van der Waals surface area contributed by atoms with E-state index >= 15 is 0 Å². The lowest BCUT2D eigenvalue weighted by Gasteiger charge is -2.56. The lowest BCUT2D eigenvalue weighted by molar-refractivity contribution is 0.133. The lowest BCUT2D eigenvalue weighted by Crippen LogP contribution is -2.62. The molecule has 0 N–H and O–H groups in total. The summed E-state index contributed by atoms with van der Waals surface area (Å²) >= 11 is 0. The van der Waals surface area contributed by atoms with Gasteiger partial charge in [-0.15, -0.1) is 0 Å². The van der Waals surface area contributed by atoms with Crippen LogP contribution in [0.2, 0.25) is 0 Å². The van der Waals surface area contributed by atoms with Crippen LogP contribution in [0.5, 0.6) is 0 Å². The van der Waals surface area contributed by atoms with Gasteiger partial charge in [0.05, 0.1) is 16.9 Å². The van der Waals surface area contributed by atoms with Crippen LogP contribution in [0, 0.1) is 0 Å². The minimum absolute atomic E-state index is 0.0184. The second-order valence-electron chi connectivity index (χ2n) is 25.4. The van der Waals surface area contributed by atoms with E-state index in [0.29, 0.717) is 0 Å². The Morgan fingerprint density at radius 1 is 0.400 bits per heavy atom. The fraction of sp³-hybridized carbons (Fsp3) is 0.239. The number of rotatable bonds is 4. The first-order valence-electron chi connectivity index (χ1n) is 27.4. The molecule has 1 aliphatic carbocycles. The van der Waals surface area contributed by atoms with Gasteiger partial charge in [0.2, 0.25) is 0 Å². The molecule has 2 unspecified atom stereocenters. The summed E-state index contributed by atoms with van der Waals surface area (Å²) in [7, 11) is 0. The highest BCUT2D eigenvalue weighted by Crippen LogP contribution is 2.66. The molecular formula is C71H66BN3. The molecule has 1 fully saturated rings. The van der Waals surface area contributed by atoms with Crippen LogP contribution in [0.3, 0.4) is 0 Å². The van der Waals surface area contributed by atoms with Crippen LogP contribution in [0.1, 0.15) is 110 Å². The van der Waals surface area contributed by atoms with E-state index in [0.717, 1.165) is 6.42 Å². The fourth-order valence-corrected chi connectivity index (χ4v) is 14.2. The van der Waals surface area contributed by atoms with E-state index in [4.69, 9.17) is 0 Å². The zero-order chi connectivity index (χ0) is 51.6. The molecule has 5 aliphatic rings. The van der Waals surface area contributed by atoms with Gasteiger partial charge in [0.15, 0.2) is 0 Å². The Hall–Kier alpha value is -7.56. The number of nitrogens with zero attached hydrogens (tertiary/aromatic N) is 3. The van der Waals surface area contributed by atoms with Gasteiger partial charge in [0, 0.05) is 56.1 Å². The molecule has 9 aromatic rings. The van der Waals surface area contributed by atoms with E-state index in [2.05, 4.69) is 278 Å². The van der Waals surface area contributed by atoms with E-state index in [-0.39, 0.29) is 33.9 Å². The van der Waals surface area contributed by atoms with Crippen molar-refractivity contribution in [1.29, 1.82) is 0 Å². The predicted molar refractivity (Wildman–Crippen MR) is 320 cm³/mol. The van der Waals surface area contributed by atoms with Crippen LogP contribution in [0.4, 0.5) is 45.5 Å². The van der Waals surface area contributed by atoms with Gasteiger partial charge < -0.3 is 14.7 Å². The highest BCUT2D eigenvalue weighted by molar-refractivity contribution is 7.00. The van der Waals surface area contributed by atoms with Crippen molar-refractivity contribution < 1.29 is 0 Å². The van der Waals surface area contributed by atoms with Gasteiger partial charge in [-0.25, -0.2) is 0 Å². The van der Waals surface area contributed by atoms with Crippen LogP contribution in [-0.4, -0.2) is 12.3 Å². The third kappa shape index (κ3) is 6.47. The summed E-state index contributed by atoms with van der Waals surface area (Å²) < 4.78 is 0. The third-order valence-electron chi connectivity index (χ3n) is 18.9. The molecule has 2 atom stereocenters. The molecule has 0 amide bonds. The van der Waals surface area contributed by atoms with Crippen molar-refractivity contribution in [1.82, 2.24) is 0 Å². The molecule has 4 heterocycles. The van der Waals surface area contributed by atoms with E-state index in [9.17, 15) is 0 Å². The molecule has 4 heteroatoms. The molecule has 4 aliphatic heterocycles. The van der Waals surface area contributed by atoms with Crippen LogP contribution >= 0.6 is 0 Å². The molecule has 3 nitrogen and oxygen atoms in total. The molecule has 368 valence electrons. The zero-order valence-electron chi connectivity index (χ0n) is 45.3. The van der Waals surface area contributed by atoms with Crippen LogP contribution in [-0.2, 0) is 21.7 Å². The van der Waals surface area contributed by atoms with E-state index in [1.54, 1.807) is 0 Å². The number of fused-ring (bicyclic) bond motifs is 12. The standard InChI is InChI=1S/C71H66BN3/c1-67(2,3)48-31-35-59(53(40-48)46-23-15-12-16-24-46)73-62-39-47(45-21-13-11-14-22-45)29-33-57(62)72-58-34-30-50-42-63(58)74(60-36-32-49(68(4,5)6)41-54(60)52-25-17-18-26-55(52)69(50,7)8)65-44-51(43-64(73)66(65)72)75-61-28-20-19-27-56(61)70(9)37-38-71(70,75)10/h11-36,39-44H,37-38H2,1-10H3. The molecule has 1 saturated carbocycles. The molecule has 0 radical (unpaired) electrons. The Kier molecular flexibility index (Phi) is 9.66. The predicted octanol–water partition coefficient (Wildman–Crippen LogP) is 17.0. The Bertz CT molecular complexity index is 3840. The minimum atomic E-state index is -0.286. The second-order valence-corrected chi connectivity index (χ2v) is 25.4. The first-order chi connectivity index (χ1) is 36.0. The van der Waals surface area contributed by atoms with Crippen LogP contribution in [0.25, 0.3) is 33.4 Å². The number of hydrogen-bond donors (Lipinski definition) is 0. The smallest absolute Gasteiger partial charge is 0.252 e. The van der Waals surface area contributed by atoms with Crippen molar-refractivity contribution in [2.45, 2.75) is 109 Å². The van der Waals surface area contributed by atoms with Gasteiger partial charge in [-0.05, 0) is 152 Å². The maximum Gasteiger partial charge on any atom is 0.252 e. The maximum absolute atomic E-state index is 2.76. The summed E-state index contributed by atoms with van der Waals surface area (Å²) in [5.74, 6) is 0. The normalized spacial score (nSPS) is 19.3. The minimum Gasteiger partial charge on any atom is -0.334 e. The van der Waals surface area contributed by atoms with Gasteiger partial charge in [-0.2, -0.15) is 0 Å². The van der Waals surface area contributed by atoms with Crippen molar-refractivity contribution in [3.8, 4) is 33.4 Å². The summed E-state index contributed by atoms with van der Waals surface area (Å²) in [6.45, 7) is 23.9. The Balaban J connectivity index is 1.15. The highest BCUT2D eigenvalue weighted by atomic mass is 15.3. The largest absolute Gasteiger partial charge is 0.334 e. The molecule has 0 aromatic heterocycles. The van der Waals surface area contributed by atoms with Gasteiger partial charge in [-0.1, -0.05) is 202 Å². The van der Waals surface area contributed by atoms with Crippen LogP contribution < -0.4 is 31.1 Å². The average molecular weight is 972 g/mol. The molecule has 2 bridgehead atoms. The van der Waals surface area contributed by atoms with Crippen LogP contribution in [0.15, 0.2) is 194 Å². The molecule has 0 spiro atoms. The van der Waals surface area contributed by atoms with E-state index in [1.165, 1.54) is 130 Å². The van der Waals surface area contributed by atoms with E-state index < -0.39 is 0 Å². The molecule has 0 saturated heterocycles. The quantitative estimate of drug-likeness (QED) is 0.163. The average Bonchev–Trinajstić information content (AvgIpc) is 3.64. The Morgan fingerprint density at radius 3 is 1.57 bits per heavy atom. The number of para-hydroxylation sites is 1. The summed E-state index contributed by atoms with van der Waals surface area (Å²) in [4.78, 5) is 8.14. The molecule has 9 aromatic carbocycles. The van der Waals surface area contributed by atoms with Gasteiger partial charge in [0.25, 0.3) is 6.71 Å². The van der Waals surface area contributed by atoms with Crippen molar-refractivity contribution in [3.63, 3.8) is 0 Å². The second kappa shape index (κ2) is 15.7. The third-order valence-corrected chi connectivity index (χ3v) is 18.9. The molecule has 14 rings (SSSR count). The molecular weight excluding hydrogens is 906 g/mol. The summed E-state index contributed by atoms with van der Waals surface area (Å²) in [5.41, 5.74) is 27.6. The zero-order valence-corrected chi connectivity index (χ0v) is 45.3. The van der Waals surface area contributed by atoms with Crippen molar-refractivity contribution in [2.75, 3.05) is 14.7 Å².